The quantitative estimate of drug-likeness (QED) is 0.731. The van der Waals surface area contributed by atoms with Crippen LogP contribution in [0.2, 0.25) is 0 Å². The zero-order valence-corrected chi connectivity index (χ0v) is 10.5. The summed E-state index contributed by atoms with van der Waals surface area (Å²) in [4.78, 5) is 9.22. The second-order valence-corrected chi connectivity index (χ2v) is 4.52. The van der Waals surface area contributed by atoms with E-state index in [-0.39, 0.29) is 5.91 Å². The molecular formula is C11H26N2O. The van der Waals surface area contributed by atoms with Gasteiger partial charge in [-0.1, -0.05) is 27.2 Å². The summed E-state index contributed by atoms with van der Waals surface area (Å²) in [5.41, 5.74) is 4.97. The van der Waals surface area contributed by atoms with Crippen LogP contribution in [0.4, 0.5) is 0 Å². The van der Waals surface area contributed by atoms with Crippen molar-refractivity contribution in [1.29, 1.82) is 0 Å². The first-order valence-electron chi connectivity index (χ1n) is 5.18. The number of nitrogens with one attached hydrogen (secondary N) is 1. The molecule has 0 radical (unpaired) electrons. The molecule has 1 atom stereocenters. The number of nitrogens with two attached hydrogens (primary N) is 1. The highest BCUT2D eigenvalue weighted by Crippen LogP contribution is 2.25. The minimum Gasteiger partial charge on any atom is -0.370 e. The monoisotopic (exact) mass is 202 g/mol. The lowest BCUT2D eigenvalue weighted by molar-refractivity contribution is -0.115. The first-order chi connectivity index (χ1) is 6.25. The topological polar surface area (TPSA) is 55.1 Å². The number of hydrogen-bond acceptors (Lipinski definition) is 2. The van der Waals surface area contributed by atoms with E-state index in [1.165, 1.54) is 19.8 Å². The Morgan fingerprint density at radius 1 is 1.50 bits per heavy atom. The first-order valence-corrected chi connectivity index (χ1v) is 5.18. The number of primary amides is 1. The van der Waals surface area contributed by atoms with Crippen molar-refractivity contribution in [3.63, 3.8) is 0 Å². The molecule has 0 saturated carbocycles. The van der Waals surface area contributed by atoms with Gasteiger partial charge in [0.1, 0.15) is 0 Å². The van der Waals surface area contributed by atoms with E-state index in [1.54, 1.807) is 0 Å². The van der Waals surface area contributed by atoms with Gasteiger partial charge in [0, 0.05) is 13.0 Å². The van der Waals surface area contributed by atoms with Crippen LogP contribution in [0.3, 0.4) is 0 Å². The molecule has 1 amide bonds. The average Bonchev–Trinajstić information content (AvgIpc) is 2.02. The lowest BCUT2D eigenvalue weighted by Crippen LogP contribution is -2.27. The highest BCUT2D eigenvalue weighted by atomic mass is 16.1. The molecule has 3 heteroatoms. The van der Waals surface area contributed by atoms with E-state index < -0.39 is 0 Å². The molecule has 3 nitrogen and oxygen atoms in total. The SMILES string of the molecule is CC(N)=O.CCC(C)(C)CC(C)NC. The third kappa shape index (κ3) is 14.0. The van der Waals surface area contributed by atoms with E-state index in [0.717, 1.165) is 0 Å². The number of amides is 1. The number of hydrogen-bond donors (Lipinski definition) is 2. The Morgan fingerprint density at radius 2 is 1.86 bits per heavy atom. The second kappa shape index (κ2) is 7.80. The summed E-state index contributed by atoms with van der Waals surface area (Å²) in [5, 5.41) is 3.26. The highest BCUT2D eigenvalue weighted by molar-refractivity contribution is 5.70. The lowest BCUT2D eigenvalue weighted by Gasteiger charge is -2.26. The third-order valence-electron chi connectivity index (χ3n) is 2.31. The van der Waals surface area contributed by atoms with E-state index in [0.29, 0.717) is 11.5 Å². The number of carbonyl (C=O) groups is 1. The summed E-state index contributed by atoms with van der Waals surface area (Å²) in [6.07, 6.45) is 2.53. The van der Waals surface area contributed by atoms with Crippen LogP contribution in [0.15, 0.2) is 0 Å². The van der Waals surface area contributed by atoms with Gasteiger partial charge in [0.2, 0.25) is 5.91 Å². The minimum absolute atomic E-state index is 0.333. The lowest BCUT2D eigenvalue weighted by atomic mass is 9.84. The predicted molar refractivity (Wildman–Crippen MR) is 62.1 cm³/mol. The van der Waals surface area contributed by atoms with Crippen molar-refractivity contribution in [3.8, 4) is 0 Å². The van der Waals surface area contributed by atoms with Gasteiger partial charge in [-0.15, -0.1) is 0 Å². The molecule has 86 valence electrons. The molecule has 0 aromatic rings. The van der Waals surface area contributed by atoms with Crippen LogP contribution in [-0.2, 0) is 4.79 Å². The Kier molecular flexibility index (Phi) is 8.85. The van der Waals surface area contributed by atoms with E-state index in [4.69, 9.17) is 0 Å². The smallest absolute Gasteiger partial charge is 0.214 e. The summed E-state index contributed by atoms with van der Waals surface area (Å²) in [7, 11) is 2.02. The molecule has 3 N–H and O–H groups in total. The summed E-state index contributed by atoms with van der Waals surface area (Å²) in [6, 6.07) is 0.648. The summed E-state index contributed by atoms with van der Waals surface area (Å²) >= 11 is 0. The van der Waals surface area contributed by atoms with Gasteiger partial charge < -0.3 is 11.1 Å². The Morgan fingerprint density at radius 3 is 2.07 bits per heavy atom. The molecule has 0 bridgehead atoms. The molecule has 0 aromatic carbocycles. The van der Waals surface area contributed by atoms with Crippen LogP contribution in [0.5, 0.6) is 0 Å². The first kappa shape index (κ1) is 15.9. The van der Waals surface area contributed by atoms with Crippen LogP contribution in [0.1, 0.15) is 47.5 Å². The van der Waals surface area contributed by atoms with Crippen molar-refractivity contribution in [2.45, 2.75) is 53.5 Å². The standard InChI is InChI=1S/C9H21N.C2H5NO/c1-6-9(3,4)7-8(2)10-5;1-2(3)4/h8,10H,6-7H2,1-5H3;1H3,(H2,3,4). The van der Waals surface area contributed by atoms with Gasteiger partial charge >= 0.3 is 0 Å². The van der Waals surface area contributed by atoms with E-state index >= 15 is 0 Å². The van der Waals surface area contributed by atoms with Crippen molar-refractivity contribution in [2.75, 3.05) is 7.05 Å². The molecule has 14 heavy (non-hydrogen) atoms. The van der Waals surface area contributed by atoms with E-state index in [9.17, 15) is 4.79 Å². The Bertz CT molecular complexity index is 151. The molecule has 0 aromatic heterocycles. The van der Waals surface area contributed by atoms with Crippen LogP contribution < -0.4 is 11.1 Å². The molecule has 0 fully saturated rings. The molecule has 0 rings (SSSR count). The summed E-state index contributed by atoms with van der Waals surface area (Å²) in [6.45, 7) is 10.4. The van der Waals surface area contributed by atoms with Crippen LogP contribution in [0, 0.1) is 5.41 Å². The molecule has 0 aliphatic heterocycles. The van der Waals surface area contributed by atoms with Crippen LogP contribution >= 0.6 is 0 Å². The predicted octanol–water partition coefficient (Wildman–Crippen LogP) is 1.91. The molecule has 0 aliphatic carbocycles. The Labute approximate surface area is 88.4 Å². The Balaban J connectivity index is 0. The maximum atomic E-state index is 9.22. The maximum Gasteiger partial charge on any atom is 0.214 e. The molecule has 1 unspecified atom stereocenters. The van der Waals surface area contributed by atoms with Gasteiger partial charge in [0.25, 0.3) is 0 Å². The van der Waals surface area contributed by atoms with E-state index in [2.05, 4.69) is 38.7 Å². The fourth-order valence-corrected chi connectivity index (χ4v) is 1.08. The molecule has 0 spiro atoms. The zero-order valence-electron chi connectivity index (χ0n) is 10.5. The second-order valence-electron chi connectivity index (χ2n) is 4.52. The van der Waals surface area contributed by atoms with Crippen molar-refractivity contribution in [2.24, 2.45) is 11.1 Å². The molecule has 0 heterocycles. The minimum atomic E-state index is -0.333. The number of carbonyl (C=O) groups excluding carboxylic acids is 1. The largest absolute Gasteiger partial charge is 0.370 e. The molecular weight excluding hydrogens is 176 g/mol. The normalized spacial score (nSPS) is 12.7. The van der Waals surface area contributed by atoms with Crippen molar-refractivity contribution < 1.29 is 4.79 Å². The fourth-order valence-electron chi connectivity index (χ4n) is 1.08. The summed E-state index contributed by atoms with van der Waals surface area (Å²) < 4.78 is 0. The third-order valence-corrected chi connectivity index (χ3v) is 2.31. The van der Waals surface area contributed by atoms with Crippen molar-refractivity contribution >= 4 is 5.91 Å². The van der Waals surface area contributed by atoms with Crippen LogP contribution in [-0.4, -0.2) is 19.0 Å². The number of rotatable bonds is 4. The van der Waals surface area contributed by atoms with E-state index in [1.807, 2.05) is 7.05 Å². The fraction of sp³-hybridized carbons (Fsp3) is 0.909. The zero-order chi connectivity index (χ0) is 11.8. The van der Waals surface area contributed by atoms with Gasteiger partial charge in [-0.05, 0) is 25.8 Å². The maximum absolute atomic E-state index is 9.22. The van der Waals surface area contributed by atoms with Gasteiger partial charge in [0.05, 0.1) is 0 Å². The van der Waals surface area contributed by atoms with Crippen LogP contribution in [0.25, 0.3) is 0 Å². The highest BCUT2D eigenvalue weighted by Gasteiger charge is 2.17. The van der Waals surface area contributed by atoms with Gasteiger partial charge in [-0.3, -0.25) is 4.79 Å². The summed E-state index contributed by atoms with van der Waals surface area (Å²) in [5.74, 6) is -0.333. The molecule has 0 aliphatic rings. The van der Waals surface area contributed by atoms with Crippen molar-refractivity contribution in [3.05, 3.63) is 0 Å². The van der Waals surface area contributed by atoms with Crippen molar-refractivity contribution in [1.82, 2.24) is 5.32 Å². The van der Waals surface area contributed by atoms with Gasteiger partial charge in [0.15, 0.2) is 0 Å². The Hall–Kier alpha value is -0.570. The van der Waals surface area contributed by atoms with Gasteiger partial charge in [-0.25, -0.2) is 0 Å². The average molecular weight is 202 g/mol. The van der Waals surface area contributed by atoms with Gasteiger partial charge in [-0.2, -0.15) is 0 Å². The molecule has 0 saturated heterocycles.